The maximum absolute atomic E-state index is 12.3. The fourth-order valence-electron chi connectivity index (χ4n) is 2.98. The van der Waals surface area contributed by atoms with Crippen LogP contribution in [0, 0.1) is 13.8 Å². The van der Waals surface area contributed by atoms with E-state index in [0.717, 1.165) is 17.1 Å². The van der Waals surface area contributed by atoms with E-state index in [0.29, 0.717) is 36.9 Å². The minimum Gasteiger partial charge on any atom is -0.379 e. The maximum Gasteiger partial charge on any atom is 0.251 e. The number of sulfonamides is 1. The normalized spacial score (nSPS) is 15.5. The summed E-state index contributed by atoms with van der Waals surface area (Å²) >= 11 is 6.17. The van der Waals surface area contributed by atoms with Gasteiger partial charge in [0.2, 0.25) is 10.0 Å². The lowest BCUT2D eigenvalue weighted by Crippen LogP contribution is -2.43. The predicted molar refractivity (Wildman–Crippen MR) is 107 cm³/mol. The molecule has 0 radical (unpaired) electrons. The minimum atomic E-state index is -3.40. The fraction of sp³-hybridized carbons (Fsp3) is 0.444. The third kappa shape index (κ3) is 4.54. The molecule has 1 aromatic heterocycles. The number of nitrogens with zero attached hydrogens (tertiary/aromatic N) is 3. The van der Waals surface area contributed by atoms with Crippen LogP contribution in [0.5, 0.6) is 0 Å². The molecule has 1 aliphatic rings. The SMILES string of the molecule is Cc1nn(-c2ccc(C(=O)NCCS(=O)(=O)N3CCOCC3)cc2)c(C)c1Cl. The second kappa shape index (κ2) is 8.60. The second-order valence-electron chi connectivity index (χ2n) is 6.53. The lowest BCUT2D eigenvalue weighted by molar-refractivity contribution is 0.0730. The van der Waals surface area contributed by atoms with Crippen molar-refractivity contribution in [2.75, 3.05) is 38.6 Å². The molecule has 0 saturated carbocycles. The summed E-state index contributed by atoms with van der Waals surface area (Å²) in [4.78, 5) is 12.3. The van der Waals surface area contributed by atoms with Gasteiger partial charge in [0.15, 0.2) is 0 Å². The summed E-state index contributed by atoms with van der Waals surface area (Å²) in [7, 11) is -3.40. The van der Waals surface area contributed by atoms with Gasteiger partial charge in [-0.05, 0) is 38.1 Å². The first-order valence-electron chi connectivity index (χ1n) is 8.95. The van der Waals surface area contributed by atoms with E-state index in [9.17, 15) is 13.2 Å². The molecular weight excluding hydrogens is 404 g/mol. The fourth-order valence-corrected chi connectivity index (χ4v) is 4.42. The van der Waals surface area contributed by atoms with Crippen LogP contribution in [0.25, 0.3) is 5.69 Å². The quantitative estimate of drug-likeness (QED) is 0.756. The largest absolute Gasteiger partial charge is 0.379 e. The van der Waals surface area contributed by atoms with Crippen molar-refractivity contribution in [3.05, 3.63) is 46.2 Å². The molecule has 152 valence electrons. The van der Waals surface area contributed by atoms with Gasteiger partial charge < -0.3 is 10.1 Å². The first-order valence-corrected chi connectivity index (χ1v) is 10.9. The van der Waals surface area contributed by atoms with Crippen molar-refractivity contribution in [1.29, 1.82) is 0 Å². The van der Waals surface area contributed by atoms with Gasteiger partial charge in [-0.2, -0.15) is 9.40 Å². The molecule has 8 nitrogen and oxygen atoms in total. The highest BCUT2D eigenvalue weighted by molar-refractivity contribution is 7.89. The van der Waals surface area contributed by atoms with E-state index in [1.54, 1.807) is 28.9 Å². The second-order valence-corrected chi connectivity index (χ2v) is 8.99. The average Bonchev–Trinajstić information content (AvgIpc) is 2.96. The molecule has 2 heterocycles. The molecule has 1 aromatic carbocycles. The van der Waals surface area contributed by atoms with Crippen LogP contribution < -0.4 is 5.32 Å². The number of ether oxygens (including phenoxy) is 1. The predicted octanol–water partition coefficient (Wildman–Crippen LogP) is 1.53. The number of benzene rings is 1. The van der Waals surface area contributed by atoms with Crippen molar-refractivity contribution in [1.82, 2.24) is 19.4 Å². The number of rotatable bonds is 6. The van der Waals surface area contributed by atoms with Gasteiger partial charge in [-0.15, -0.1) is 0 Å². The van der Waals surface area contributed by atoms with Gasteiger partial charge in [-0.25, -0.2) is 13.1 Å². The van der Waals surface area contributed by atoms with Gasteiger partial charge in [-0.3, -0.25) is 4.79 Å². The highest BCUT2D eigenvalue weighted by atomic mass is 35.5. The van der Waals surface area contributed by atoms with Crippen LogP contribution >= 0.6 is 11.6 Å². The summed E-state index contributed by atoms with van der Waals surface area (Å²) in [6.07, 6.45) is 0. The number of amides is 1. The molecular formula is C18H23ClN4O4S. The van der Waals surface area contributed by atoms with Gasteiger partial charge in [0.1, 0.15) is 0 Å². The number of hydrogen-bond acceptors (Lipinski definition) is 5. The van der Waals surface area contributed by atoms with Crippen molar-refractivity contribution >= 4 is 27.5 Å². The smallest absolute Gasteiger partial charge is 0.251 e. The molecule has 0 spiro atoms. The Hall–Kier alpha value is -1.94. The minimum absolute atomic E-state index is 0.0490. The van der Waals surface area contributed by atoms with Crippen LogP contribution in [-0.2, 0) is 14.8 Å². The van der Waals surface area contributed by atoms with Crippen LogP contribution in [0.3, 0.4) is 0 Å². The number of carbonyl (C=O) groups is 1. The number of halogens is 1. The molecule has 1 aliphatic heterocycles. The highest BCUT2D eigenvalue weighted by Crippen LogP contribution is 2.22. The van der Waals surface area contributed by atoms with Crippen molar-refractivity contribution in [2.24, 2.45) is 0 Å². The molecule has 1 N–H and O–H groups in total. The van der Waals surface area contributed by atoms with E-state index in [2.05, 4.69) is 10.4 Å². The molecule has 0 unspecified atom stereocenters. The van der Waals surface area contributed by atoms with Gasteiger partial charge >= 0.3 is 0 Å². The molecule has 28 heavy (non-hydrogen) atoms. The first-order chi connectivity index (χ1) is 13.3. The topological polar surface area (TPSA) is 93.5 Å². The van der Waals surface area contributed by atoms with E-state index in [1.807, 2.05) is 13.8 Å². The van der Waals surface area contributed by atoms with Gasteiger partial charge in [-0.1, -0.05) is 11.6 Å². The third-order valence-corrected chi connectivity index (χ3v) is 7.01. The number of carbonyl (C=O) groups excluding carboxylic acids is 1. The van der Waals surface area contributed by atoms with Gasteiger partial charge in [0.05, 0.1) is 41.1 Å². The van der Waals surface area contributed by atoms with E-state index in [-0.39, 0.29) is 18.2 Å². The Labute approximate surface area is 169 Å². The zero-order chi connectivity index (χ0) is 20.3. The Morgan fingerprint density at radius 1 is 1.21 bits per heavy atom. The summed E-state index contributed by atoms with van der Waals surface area (Å²) in [6, 6.07) is 6.89. The number of nitrogens with one attached hydrogen (secondary N) is 1. The van der Waals surface area contributed by atoms with Crippen LogP contribution in [0.15, 0.2) is 24.3 Å². The molecule has 3 rings (SSSR count). The number of aryl methyl sites for hydroxylation is 1. The average molecular weight is 427 g/mol. The molecule has 1 saturated heterocycles. The third-order valence-electron chi connectivity index (χ3n) is 4.59. The summed E-state index contributed by atoms with van der Waals surface area (Å²) in [5.41, 5.74) is 2.80. The Balaban J connectivity index is 1.58. The monoisotopic (exact) mass is 426 g/mol. The van der Waals surface area contributed by atoms with Crippen molar-refractivity contribution in [2.45, 2.75) is 13.8 Å². The van der Waals surface area contributed by atoms with E-state index in [1.165, 1.54) is 4.31 Å². The van der Waals surface area contributed by atoms with Crippen LogP contribution in [0.4, 0.5) is 0 Å². The van der Waals surface area contributed by atoms with Crippen LogP contribution in [-0.4, -0.2) is 67.0 Å². The van der Waals surface area contributed by atoms with Crippen LogP contribution in [0.2, 0.25) is 5.02 Å². The Morgan fingerprint density at radius 2 is 1.86 bits per heavy atom. The summed E-state index contributed by atoms with van der Waals surface area (Å²) < 4.78 is 32.8. The number of morpholine rings is 1. The lowest BCUT2D eigenvalue weighted by Gasteiger charge is -2.26. The van der Waals surface area contributed by atoms with E-state index in [4.69, 9.17) is 16.3 Å². The summed E-state index contributed by atoms with van der Waals surface area (Å²) in [6.45, 7) is 5.27. The Bertz CT molecular complexity index is 951. The van der Waals surface area contributed by atoms with Crippen molar-refractivity contribution in [3.63, 3.8) is 0 Å². The number of hydrogen-bond donors (Lipinski definition) is 1. The zero-order valence-electron chi connectivity index (χ0n) is 15.8. The number of aromatic nitrogens is 2. The molecule has 1 amide bonds. The van der Waals surface area contributed by atoms with E-state index < -0.39 is 10.0 Å². The Kier molecular flexibility index (Phi) is 6.39. The summed E-state index contributed by atoms with van der Waals surface area (Å²) in [5, 5.41) is 7.65. The molecule has 10 heteroatoms. The molecule has 0 bridgehead atoms. The van der Waals surface area contributed by atoms with Crippen LogP contribution in [0.1, 0.15) is 21.7 Å². The first kappa shape index (κ1) is 20.8. The molecule has 2 aromatic rings. The molecule has 1 fully saturated rings. The van der Waals surface area contributed by atoms with E-state index >= 15 is 0 Å². The maximum atomic E-state index is 12.3. The Morgan fingerprint density at radius 3 is 2.43 bits per heavy atom. The standard InChI is InChI=1S/C18H23ClN4O4S/c1-13-17(19)14(2)23(21-13)16-5-3-15(4-6-16)18(24)20-7-12-28(25,26)22-8-10-27-11-9-22/h3-6H,7-12H2,1-2H3,(H,20,24). The summed E-state index contributed by atoms with van der Waals surface area (Å²) in [5.74, 6) is -0.462. The lowest BCUT2D eigenvalue weighted by atomic mass is 10.2. The van der Waals surface area contributed by atoms with Gasteiger partial charge in [0, 0.05) is 25.2 Å². The van der Waals surface area contributed by atoms with Gasteiger partial charge in [0.25, 0.3) is 5.91 Å². The van der Waals surface area contributed by atoms with Crippen molar-refractivity contribution < 1.29 is 17.9 Å². The molecule has 0 atom stereocenters. The highest BCUT2D eigenvalue weighted by Gasteiger charge is 2.24. The zero-order valence-corrected chi connectivity index (χ0v) is 17.4. The van der Waals surface area contributed by atoms with Crippen molar-refractivity contribution in [3.8, 4) is 5.69 Å². The molecule has 0 aliphatic carbocycles.